The van der Waals surface area contributed by atoms with E-state index in [1.807, 2.05) is 0 Å². The number of hydrogen-bond acceptors (Lipinski definition) is 3. The molecule has 0 aliphatic carbocycles. The van der Waals surface area contributed by atoms with E-state index in [0.717, 1.165) is 0 Å². The van der Waals surface area contributed by atoms with E-state index in [1.54, 1.807) is 18.2 Å². The number of rotatable bonds is 2. The molecule has 0 saturated carbocycles. The van der Waals surface area contributed by atoms with Crippen LogP contribution in [-0.2, 0) is 0 Å². The summed E-state index contributed by atoms with van der Waals surface area (Å²) in [7, 11) is 0. The molecule has 1 aromatic heterocycles. The van der Waals surface area contributed by atoms with E-state index in [-0.39, 0.29) is 5.78 Å². The van der Waals surface area contributed by atoms with Crippen LogP contribution in [-0.4, -0.2) is 20.8 Å². The Morgan fingerprint density at radius 1 is 1.38 bits per heavy atom. The third-order valence-electron chi connectivity index (χ3n) is 2.01. The number of benzene rings is 1. The van der Waals surface area contributed by atoms with Crippen molar-refractivity contribution in [1.82, 2.24) is 15.0 Å². The van der Waals surface area contributed by atoms with Crippen LogP contribution in [0.2, 0.25) is 10.0 Å². The van der Waals surface area contributed by atoms with Crippen molar-refractivity contribution in [2.24, 2.45) is 0 Å². The molecule has 6 heteroatoms. The maximum Gasteiger partial charge on any atom is 0.181 e. The lowest BCUT2D eigenvalue weighted by Gasteiger charge is -2.02. The van der Waals surface area contributed by atoms with Crippen molar-refractivity contribution in [3.63, 3.8) is 0 Å². The van der Waals surface area contributed by atoms with Crippen LogP contribution in [0, 0.1) is 0 Å². The Labute approximate surface area is 102 Å². The fourth-order valence-electron chi connectivity index (χ4n) is 1.21. The molecule has 0 aliphatic rings. The van der Waals surface area contributed by atoms with Gasteiger partial charge in [0.05, 0.1) is 16.9 Å². The quantitative estimate of drug-likeness (QED) is 0.776. The minimum atomic E-state index is -0.142. The van der Waals surface area contributed by atoms with Gasteiger partial charge in [-0.3, -0.25) is 4.79 Å². The summed E-state index contributed by atoms with van der Waals surface area (Å²) in [6.45, 7) is 1.43. The van der Waals surface area contributed by atoms with Gasteiger partial charge in [-0.1, -0.05) is 28.4 Å². The normalized spacial score (nSPS) is 10.4. The summed E-state index contributed by atoms with van der Waals surface area (Å²) in [6, 6.07) is 5.01. The molecule has 0 amide bonds. The van der Waals surface area contributed by atoms with Crippen molar-refractivity contribution in [1.29, 1.82) is 0 Å². The Morgan fingerprint density at radius 3 is 2.69 bits per heavy atom. The van der Waals surface area contributed by atoms with E-state index in [9.17, 15) is 4.79 Å². The zero-order valence-electron chi connectivity index (χ0n) is 8.32. The smallest absolute Gasteiger partial charge is 0.181 e. The zero-order chi connectivity index (χ0) is 11.7. The SMILES string of the molecule is CC(=O)c1cn(-c2ccc(Cl)cc2Cl)nn1. The van der Waals surface area contributed by atoms with Crippen molar-refractivity contribution >= 4 is 29.0 Å². The van der Waals surface area contributed by atoms with Gasteiger partial charge in [-0.15, -0.1) is 5.10 Å². The predicted molar refractivity (Wildman–Crippen MR) is 61.4 cm³/mol. The number of carbonyl (C=O) groups excluding carboxylic acids is 1. The summed E-state index contributed by atoms with van der Waals surface area (Å²) >= 11 is 11.8. The Balaban J connectivity index is 2.46. The lowest BCUT2D eigenvalue weighted by molar-refractivity contribution is 0.101. The predicted octanol–water partition coefficient (Wildman–Crippen LogP) is 2.78. The molecule has 0 spiro atoms. The summed E-state index contributed by atoms with van der Waals surface area (Å²) in [5, 5.41) is 8.54. The second kappa shape index (κ2) is 4.23. The Hall–Kier alpha value is -1.39. The average Bonchev–Trinajstić information content (AvgIpc) is 2.66. The van der Waals surface area contributed by atoms with Crippen LogP contribution in [0.15, 0.2) is 24.4 Å². The molecule has 16 heavy (non-hydrogen) atoms. The number of carbonyl (C=O) groups is 1. The summed E-state index contributed by atoms with van der Waals surface area (Å²) in [5.41, 5.74) is 0.928. The Kier molecular flexibility index (Phi) is 2.94. The van der Waals surface area contributed by atoms with Crippen molar-refractivity contribution < 1.29 is 4.79 Å². The molecular formula is C10H7Cl2N3O. The largest absolute Gasteiger partial charge is 0.293 e. The number of nitrogens with zero attached hydrogens (tertiary/aromatic N) is 3. The molecule has 82 valence electrons. The van der Waals surface area contributed by atoms with Gasteiger partial charge in [0.2, 0.25) is 0 Å². The van der Waals surface area contributed by atoms with Crippen LogP contribution < -0.4 is 0 Å². The highest BCUT2D eigenvalue weighted by Gasteiger charge is 2.09. The van der Waals surface area contributed by atoms with E-state index < -0.39 is 0 Å². The second-order valence-electron chi connectivity index (χ2n) is 3.20. The molecule has 0 N–H and O–H groups in total. The molecule has 1 aromatic carbocycles. The molecule has 0 atom stereocenters. The maximum atomic E-state index is 11.1. The van der Waals surface area contributed by atoms with Gasteiger partial charge >= 0.3 is 0 Å². The Bertz CT molecular complexity index is 551. The average molecular weight is 256 g/mol. The van der Waals surface area contributed by atoms with Crippen molar-refractivity contribution in [2.75, 3.05) is 0 Å². The number of hydrogen-bond donors (Lipinski definition) is 0. The second-order valence-corrected chi connectivity index (χ2v) is 4.04. The topological polar surface area (TPSA) is 47.8 Å². The van der Waals surface area contributed by atoms with Gasteiger partial charge in [-0.2, -0.15) is 0 Å². The van der Waals surface area contributed by atoms with E-state index in [2.05, 4.69) is 10.3 Å². The first-order valence-corrected chi connectivity index (χ1v) is 5.22. The van der Waals surface area contributed by atoms with E-state index in [1.165, 1.54) is 17.8 Å². The number of aromatic nitrogens is 3. The van der Waals surface area contributed by atoms with Crippen LogP contribution in [0.1, 0.15) is 17.4 Å². The van der Waals surface area contributed by atoms with Gasteiger partial charge in [-0.25, -0.2) is 4.68 Å². The molecule has 0 radical (unpaired) electrons. The molecule has 0 fully saturated rings. The van der Waals surface area contributed by atoms with Crippen molar-refractivity contribution in [3.8, 4) is 5.69 Å². The van der Waals surface area contributed by atoms with Crippen LogP contribution in [0.25, 0.3) is 5.69 Å². The minimum Gasteiger partial charge on any atom is -0.293 e. The molecule has 0 bridgehead atoms. The lowest BCUT2D eigenvalue weighted by Crippen LogP contribution is -1.95. The van der Waals surface area contributed by atoms with Gasteiger partial charge in [0.1, 0.15) is 5.69 Å². The van der Waals surface area contributed by atoms with Gasteiger partial charge < -0.3 is 0 Å². The minimum absolute atomic E-state index is 0.142. The molecule has 0 unspecified atom stereocenters. The first-order valence-electron chi connectivity index (χ1n) is 4.46. The third kappa shape index (κ3) is 2.08. The summed E-state index contributed by atoms with van der Waals surface area (Å²) in [5.74, 6) is -0.142. The van der Waals surface area contributed by atoms with Crippen LogP contribution in [0.4, 0.5) is 0 Å². The summed E-state index contributed by atoms with van der Waals surface area (Å²) in [6.07, 6.45) is 1.53. The number of ketones is 1. The van der Waals surface area contributed by atoms with Gasteiger partial charge in [0.15, 0.2) is 5.78 Å². The molecule has 1 heterocycles. The van der Waals surface area contributed by atoms with Crippen molar-refractivity contribution in [3.05, 3.63) is 40.1 Å². The summed E-state index contributed by atoms with van der Waals surface area (Å²) in [4.78, 5) is 11.1. The highest BCUT2D eigenvalue weighted by Crippen LogP contribution is 2.23. The van der Waals surface area contributed by atoms with E-state index in [4.69, 9.17) is 23.2 Å². The Morgan fingerprint density at radius 2 is 2.12 bits per heavy atom. The number of Topliss-reactive ketones (excluding diaryl/α,β-unsaturated/α-hetero) is 1. The van der Waals surface area contributed by atoms with Gasteiger partial charge in [0, 0.05) is 11.9 Å². The number of halogens is 2. The zero-order valence-corrected chi connectivity index (χ0v) is 9.83. The van der Waals surface area contributed by atoms with Crippen LogP contribution in [0.3, 0.4) is 0 Å². The monoisotopic (exact) mass is 255 g/mol. The molecule has 0 saturated heterocycles. The maximum absolute atomic E-state index is 11.1. The lowest BCUT2D eigenvalue weighted by atomic mass is 10.3. The highest BCUT2D eigenvalue weighted by molar-refractivity contribution is 6.35. The van der Waals surface area contributed by atoms with Crippen LogP contribution in [0.5, 0.6) is 0 Å². The van der Waals surface area contributed by atoms with Crippen molar-refractivity contribution in [2.45, 2.75) is 6.92 Å². The molecule has 2 rings (SSSR count). The molecule has 0 aliphatic heterocycles. The fourth-order valence-corrected chi connectivity index (χ4v) is 1.71. The van der Waals surface area contributed by atoms with E-state index in [0.29, 0.717) is 21.4 Å². The van der Waals surface area contributed by atoms with E-state index >= 15 is 0 Å². The first kappa shape index (κ1) is 11.1. The van der Waals surface area contributed by atoms with Gasteiger partial charge in [-0.05, 0) is 18.2 Å². The van der Waals surface area contributed by atoms with Gasteiger partial charge in [0.25, 0.3) is 0 Å². The molecular weight excluding hydrogens is 249 g/mol. The standard InChI is InChI=1S/C10H7Cl2N3O/c1-6(16)9-5-15(14-13-9)10-3-2-7(11)4-8(10)12/h2-5H,1H3. The fraction of sp³-hybridized carbons (Fsp3) is 0.100. The summed E-state index contributed by atoms with van der Waals surface area (Å²) < 4.78 is 1.44. The highest BCUT2D eigenvalue weighted by atomic mass is 35.5. The first-order chi connectivity index (χ1) is 7.58. The molecule has 4 nitrogen and oxygen atoms in total. The third-order valence-corrected chi connectivity index (χ3v) is 2.55. The molecule has 2 aromatic rings. The van der Waals surface area contributed by atoms with Crippen LogP contribution >= 0.6 is 23.2 Å².